The van der Waals surface area contributed by atoms with Crippen molar-refractivity contribution in [2.24, 2.45) is 5.73 Å². The summed E-state index contributed by atoms with van der Waals surface area (Å²) in [5.41, 5.74) is 7.91. The Morgan fingerprint density at radius 3 is 2.67 bits per heavy atom. The Balaban J connectivity index is 1.89. The fourth-order valence-corrected chi connectivity index (χ4v) is 2.90. The van der Waals surface area contributed by atoms with E-state index in [1.165, 1.54) is 0 Å². The minimum Gasteiger partial charge on any atom is -0.456 e. The predicted octanol–water partition coefficient (Wildman–Crippen LogP) is 4.81. The van der Waals surface area contributed by atoms with Crippen molar-refractivity contribution in [1.82, 2.24) is 4.98 Å². The molecule has 2 aromatic carbocycles. The summed E-state index contributed by atoms with van der Waals surface area (Å²) in [5, 5.41) is 1.06. The first-order valence-corrected chi connectivity index (χ1v) is 7.50. The van der Waals surface area contributed by atoms with Crippen LogP contribution in [0.2, 0.25) is 0 Å². The average molecular weight is 343 g/mol. The lowest BCUT2D eigenvalue weighted by Gasteiger charge is -2.11. The SMILES string of the molecule is C[C@H](N)c1ccc(Oc2cnc3ccccc3c2)cc1Br. The monoisotopic (exact) mass is 342 g/mol. The van der Waals surface area contributed by atoms with E-state index in [2.05, 4.69) is 20.9 Å². The molecule has 0 saturated carbocycles. The first-order valence-electron chi connectivity index (χ1n) is 6.71. The molecule has 0 fully saturated rings. The summed E-state index contributed by atoms with van der Waals surface area (Å²) in [6, 6.07) is 15.7. The maximum Gasteiger partial charge on any atom is 0.146 e. The first kappa shape index (κ1) is 14.0. The molecule has 0 spiro atoms. The summed E-state index contributed by atoms with van der Waals surface area (Å²) in [5.74, 6) is 1.47. The van der Waals surface area contributed by atoms with Gasteiger partial charge in [-0.15, -0.1) is 0 Å². The van der Waals surface area contributed by atoms with Gasteiger partial charge in [0.1, 0.15) is 11.5 Å². The third kappa shape index (κ3) is 3.06. The summed E-state index contributed by atoms with van der Waals surface area (Å²) in [7, 11) is 0. The second-order valence-electron chi connectivity index (χ2n) is 4.94. The van der Waals surface area contributed by atoms with Gasteiger partial charge in [0, 0.05) is 15.9 Å². The maximum absolute atomic E-state index is 5.90. The predicted molar refractivity (Wildman–Crippen MR) is 88.6 cm³/mol. The van der Waals surface area contributed by atoms with Gasteiger partial charge in [0.05, 0.1) is 11.7 Å². The van der Waals surface area contributed by atoms with Crippen molar-refractivity contribution in [3.05, 3.63) is 64.8 Å². The van der Waals surface area contributed by atoms with Gasteiger partial charge in [0.25, 0.3) is 0 Å². The number of hydrogen-bond donors (Lipinski definition) is 1. The molecule has 3 nitrogen and oxygen atoms in total. The second kappa shape index (κ2) is 5.84. The highest BCUT2D eigenvalue weighted by Gasteiger charge is 2.07. The van der Waals surface area contributed by atoms with Crippen molar-refractivity contribution in [3.63, 3.8) is 0 Å². The number of ether oxygens (including phenoxy) is 1. The van der Waals surface area contributed by atoms with Crippen molar-refractivity contribution >= 4 is 26.8 Å². The maximum atomic E-state index is 5.90. The van der Waals surface area contributed by atoms with Crippen LogP contribution in [0.1, 0.15) is 18.5 Å². The third-order valence-corrected chi connectivity index (χ3v) is 3.95. The zero-order chi connectivity index (χ0) is 14.8. The van der Waals surface area contributed by atoms with Crippen LogP contribution < -0.4 is 10.5 Å². The number of nitrogens with two attached hydrogens (primary N) is 1. The topological polar surface area (TPSA) is 48.1 Å². The lowest BCUT2D eigenvalue weighted by molar-refractivity contribution is 0.480. The Morgan fingerprint density at radius 2 is 1.90 bits per heavy atom. The zero-order valence-corrected chi connectivity index (χ0v) is 13.2. The van der Waals surface area contributed by atoms with Gasteiger partial charge >= 0.3 is 0 Å². The Hall–Kier alpha value is -1.91. The molecule has 1 atom stereocenters. The van der Waals surface area contributed by atoms with Gasteiger partial charge in [-0.25, -0.2) is 0 Å². The number of benzene rings is 2. The molecular weight excluding hydrogens is 328 g/mol. The Morgan fingerprint density at radius 1 is 1.10 bits per heavy atom. The van der Waals surface area contributed by atoms with Crippen LogP contribution in [0.3, 0.4) is 0 Å². The van der Waals surface area contributed by atoms with E-state index >= 15 is 0 Å². The molecule has 2 N–H and O–H groups in total. The van der Waals surface area contributed by atoms with Crippen molar-refractivity contribution in [1.29, 1.82) is 0 Å². The van der Waals surface area contributed by atoms with E-state index < -0.39 is 0 Å². The van der Waals surface area contributed by atoms with Gasteiger partial charge in [0.2, 0.25) is 0 Å². The average Bonchev–Trinajstić information content (AvgIpc) is 2.47. The van der Waals surface area contributed by atoms with E-state index in [0.29, 0.717) is 5.75 Å². The fraction of sp³-hybridized carbons (Fsp3) is 0.118. The quantitative estimate of drug-likeness (QED) is 0.742. The molecule has 0 aliphatic heterocycles. The van der Waals surface area contributed by atoms with Crippen molar-refractivity contribution in [2.75, 3.05) is 0 Å². The van der Waals surface area contributed by atoms with Crippen LogP contribution in [0, 0.1) is 0 Å². The fourth-order valence-electron chi connectivity index (χ4n) is 2.18. The number of nitrogens with zero attached hydrogens (tertiary/aromatic N) is 1. The lowest BCUT2D eigenvalue weighted by atomic mass is 10.1. The zero-order valence-electron chi connectivity index (χ0n) is 11.6. The van der Waals surface area contributed by atoms with E-state index in [-0.39, 0.29) is 6.04 Å². The number of para-hydroxylation sites is 1. The van der Waals surface area contributed by atoms with Gasteiger partial charge < -0.3 is 10.5 Å². The third-order valence-electron chi connectivity index (χ3n) is 3.26. The van der Waals surface area contributed by atoms with Crippen LogP contribution in [-0.4, -0.2) is 4.98 Å². The molecule has 3 rings (SSSR count). The molecule has 0 aliphatic carbocycles. The van der Waals surface area contributed by atoms with Gasteiger partial charge in [-0.3, -0.25) is 4.98 Å². The number of fused-ring (bicyclic) bond motifs is 1. The van der Waals surface area contributed by atoms with Crippen molar-refractivity contribution < 1.29 is 4.74 Å². The minimum absolute atomic E-state index is 0.0178. The van der Waals surface area contributed by atoms with Crippen LogP contribution in [0.25, 0.3) is 10.9 Å². The molecule has 106 valence electrons. The van der Waals surface area contributed by atoms with Crippen LogP contribution in [-0.2, 0) is 0 Å². The van der Waals surface area contributed by atoms with Crippen LogP contribution in [0.15, 0.2) is 59.2 Å². The van der Waals surface area contributed by atoms with Gasteiger partial charge in [-0.1, -0.05) is 40.2 Å². The number of halogens is 1. The molecule has 0 saturated heterocycles. The van der Waals surface area contributed by atoms with E-state index in [1.54, 1.807) is 6.20 Å². The molecule has 4 heteroatoms. The van der Waals surface area contributed by atoms with E-state index in [1.807, 2.05) is 55.5 Å². The van der Waals surface area contributed by atoms with Gasteiger partial charge in [-0.05, 0) is 36.8 Å². The standard InChI is InChI=1S/C17H15BrN2O/c1-11(19)15-7-6-13(9-16(15)18)21-14-8-12-4-2-3-5-17(12)20-10-14/h2-11H,19H2,1H3/t11-/m0/s1. The molecule has 0 aliphatic rings. The van der Waals surface area contributed by atoms with Crippen molar-refractivity contribution in [2.45, 2.75) is 13.0 Å². The molecule has 1 aromatic heterocycles. The number of aromatic nitrogens is 1. The van der Waals surface area contributed by atoms with E-state index in [9.17, 15) is 0 Å². The second-order valence-corrected chi connectivity index (χ2v) is 5.79. The largest absolute Gasteiger partial charge is 0.456 e. The van der Waals surface area contributed by atoms with Crippen LogP contribution in [0.4, 0.5) is 0 Å². The number of hydrogen-bond acceptors (Lipinski definition) is 3. The Bertz CT molecular complexity index is 787. The molecule has 1 heterocycles. The molecule has 0 bridgehead atoms. The molecule has 0 radical (unpaired) electrons. The Labute approximate surface area is 131 Å². The number of pyridine rings is 1. The smallest absolute Gasteiger partial charge is 0.146 e. The lowest BCUT2D eigenvalue weighted by Crippen LogP contribution is -2.05. The Kier molecular flexibility index (Phi) is 3.90. The molecule has 0 amide bonds. The summed E-state index contributed by atoms with van der Waals surface area (Å²) in [6.07, 6.45) is 1.73. The van der Waals surface area contributed by atoms with Crippen LogP contribution >= 0.6 is 15.9 Å². The summed E-state index contributed by atoms with van der Waals surface area (Å²) in [6.45, 7) is 1.95. The van der Waals surface area contributed by atoms with Gasteiger partial charge in [-0.2, -0.15) is 0 Å². The summed E-state index contributed by atoms with van der Waals surface area (Å²) in [4.78, 5) is 4.39. The molecule has 0 unspecified atom stereocenters. The first-order chi connectivity index (χ1) is 10.1. The minimum atomic E-state index is -0.0178. The number of rotatable bonds is 3. The summed E-state index contributed by atoms with van der Waals surface area (Å²) < 4.78 is 6.82. The van der Waals surface area contributed by atoms with Gasteiger partial charge in [0.15, 0.2) is 0 Å². The molecule has 21 heavy (non-hydrogen) atoms. The van der Waals surface area contributed by atoms with E-state index in [4.69, 9.17) is 10.5 Å². The molecule has 3 aromatic rings. The summed E-state index contributed by atoms with van der Waals surface area (Å²) >= 11 is 3.53. The normalized spacial score (nSPS) is 12.3. The van der Waals surface area contributed by atoms with Crippen molar-refractivity contribution in [3.8, 4) is 11.5 Å². The highest BCUT2D eigenvalue weighted by atomic mass is 79.9. The molecular formula is C17H15BrN2O. The van der Waals surface area contributed by atoms with E-state index in [0.717, 1.165) is 26.7 Å². The highest BCUT2D eigenvalue weighted by molar-refractivity contribution is 9.10. The van der Waals surface area contributed by atoms with Crippen LogP contribution in [0.5, 0.6) is 11.5 Å². The highest BCUT2D eigenvalue weighted by Crippen LogP contribution is 2.30.